The van der Waals surface area contributed by atoms with Crippen LogP contribution in [0, 0.1) is 5.92 Å². The van der Waals surface area contributed by atoms with Crippen LogP contribution < -0.4 is 5.32 Å². The third kappa shape index (κ3) is 2.68. The fraction of sp³-hybridized carbons (Fsp3) is 0.429. The number of carbonyl (C=O) groups excluding carboxylic acids is 2. The first-order chi connectivity index (χ1) is 13.0. The summed E-state index contributed by atoms with van der Waals surface area (Å²) in [4.78, 5) is 27.7. The summed E-state index contributed by atoms with van der Waals surface area (Å²) in [5.41, 5.74) is 3.44. The largest absolute Gasteiger partial charge is 0.466 e. The Morgan fingerprint density at radius 2 is 2.19 bits per heavy atom. The van der Waals surface area contributed by atoms with Gasteiger partial charge in [0.05, 0.1) is 18.1 Å². The normalized spacial score (nSPS) is 29.3. The van der Waals surface area contributed by atoms with E-state index in [0.717, 1.165) is 30.9 Å². The maximum atomic E-state index is 12.7. The zero-order valence-electron chi connectivity index (χ0n) is 15.5. The molecule has 1 aromatic rings. The summed E-state index contributed by atoms with van der Waals surface area (Å²) in [7, 11) is 1.41. The number of Topliss-reactive ketones (excluding diaryl/α,β-unsaturated/α-hetero) is 1. The molecule has 3 aliphatic rings. The highest BCUT2D eigenvalue weighted by Gasteiger charge is 2.61. The Hall–Kier alpha value is -1.67. The van der Waals surface area contributed by atoms with Crippen LogP contribution in [-0.4, -0.2) is 42.9 Å². The summed E-state index contributed by atoms with van der Waals surface area (Å²) in [5, 5.41) is 3.52. The second-order valence-electron chi connectivity index (χ2n) is 7.46. The predicted molar refractivity (Wildman–Crippen MR) is 113 cm³/mol. The van der Waals surface area contributed by atoms with E-state index in [1.807, 2.05) is 16.2 Å². The summed E-state index contributed by atoms with van der Waals surface area (Å²) < 4.78 is 7.11. The Morgan fingerprint density at radius 1 is 1.41 bits per heavy atom. The van der Waals surface area contributed by atoms with Crippen LogP contribution in [0.3, 0.4) is 0 Å². The number of fused-ring (bicyclic) bond motifs is 1. The molecule has 0 saturated carbocycles. The van der Waals surface area contributed by atoms with Crippen molar-refractivity contribution in [2.45, 2.75) is 31.2 Å². The van der Waals surface area contributed by atoms with Crippen molar-refractivity contribution in [1.29, 1.82) is 0 Å². The number of nitrogens with zero attached hydrogens (tertiary/aromatic N) is 1. The van der Waals surface area contributed by atoms with E-state index in [-0.39, 0.29) is 29.1 Å². The van der Waals surface area contributed by atoms with Crippen LogP contribution in [0.25, 0.3) is 0 Å². The van der Waals surface area contributed by atoms with Crippen molar-refractivity contribution >= 4 is 40.0 Å². The molecule has 0 aromatic heterocycles. The Labute approximate surface area is 173 Å². The first-order valence-electron chi connectivity index (χ1n) is 9.22. The SMILES string of the molecule is COC(=O)C1=C2Nc3ccccc3C23CCN(C/C=C/I)C3C(C(C)=O)C1. The molecule has 0 bridgehead atoms. The number of hydrogen-bond acceptors (Lipinski definition) is 5. The van der Waals surface area contributed by atoms with Gasteiger partial charge in [0.2, 0.25) is 0 Å². The van der Waals surface area contributed by atoms with Crippen molar-refractivity contribution < 1.29 is 14.3 Å². The van der Waals surface area contributed by atoms with Crippen LogP contribution in [0.4, 0.5) is 5.69 Å². The Kier molecular flexibility index (Phi) is 4.88. The molecule has 3 unspecified atom stereocenters. The fourth-order valence-corrected chi connectivity index (χ4v) is 5.51. The number of carbonyl (C=O) groups is 2. The van der Waals surface area contributed by atoms with Gasteiger partial charge < -0.3 is 10.1 Å². The summed E-state index contributed by atoms with van der Waals surface area (Å²) in [5.74, 6) is -0.421. The highest BCUT2D eigenvalue weighted by atomic mass is 127. The minimum Gasteiger partial charge on any atom is -0.466 e. The minimum absolute atomic E-state index is 0.0437. The number of hydrogen-bond donors (Lipinski definition) is 1. The van der Waals surface area contributed by atoms with Crippen molar-refractivity contribution in [2.24, 2.45) is 5.92 Å². The average Bonchev–Trinajstić information content (AvgIpc) is 3.22. The van der Waals surface area contributed by atoms with Gasteiger partial charge in [-0.05, 0) is 35.5 Å². The second-order valence-corrected chi connectivity index (χ2v) is 8.18. The van der Waals surface area contributed by atoms with E-state index < -0.39 is 0 Å². The number of likely N-dealkylation sites (tertiary alicyclic amines) is 1. The molecule has 2 heterocycles. The van der Waals surface area contributed by atoms with Crippen molar-refractivity contribution in [1.82, 2.24) is 4.90 Å². The zero-order valence-corrected chi connectivity index (χ0v) is 17.7. The van der Waals surface area contributed by atoms with E-state index in [9.17, 15) is 9.59 Å². The van der Waals surface area contributed by atoms with Gasteiger partial charge in [-0.1, -0.05) is 46.9 Å². The molecule has 1 fully saturated rings. The average molecular weight is 478 g/mol. The lowest BCUT2D eigenvalue weighted by Gasteiger charge is -2.44. The quantitative estimate of drug-likeness (QED) is 0.531. The molecule has 2 aliphatic heterocycles. The summed E-state index contributed by atoms with van der Waals surface area (Å²) >= 11 is 2.23. The van der Waals surface area contributed by atoms with Gasteiger partial charge in [-0.15, -0.1) is 0 Å². The Morgan fingerprint density at radius 3 is 2.89 bits per heavy atom. The molecular weight excluding hydrogens is 455 g/mol. The smallest absolute Gasteiger partial charge is 0.335 e. The number of para-hydroxylation sites is 1. The molecule has 142 valence electrons. The van der Waals surface area contributed by atoms with Crippen molar-refractivity contribution in [3.8, 4) is 0 Å². The highest BCUT2D eigenvalue weighted by Crippen LogP contribution is 2.58. The standard InChI is InChI=1S/C21H23IN2O3/c1-13(25)14-12-15(20(26)27-2)18-21(16-6-3-4-7-17(16)23-18)8-11-24(19(14)21)10-5-9-22/h3-7,9,14,19,23H,8,10-12H2,1-2H3/b9-5+. The van der Waals surface area contributed by atoms with Crippen LogP contribution in [0.5, 0.6) is 0 Å². The van der Waals surface area contributed by atoms with Gasteiger partial charge in [-0.25, -0.2) is 4.79 Å². The number of ketones is 1. The topological polar surface area (TPSA) is 58.6 Å². The number of ether oxygens (including phenoxy) is 1. The Bertz CT molecular complexity index is 863. The summed E-state index contributed by atoms with van der Waals surface area (Å²) in [6.45, 7) is 3.35. The number of benzene rings is 1. The molecular formula is C21H23IN2O3. The van der Waals surface area contributed by atoms with Crippen LogP contribution in [0.15, 0.2) is 45.7 Å². The molecule has 1 N–H and O–H groups in total. The lowest BCUT2D eigenvalue weighted by Crippen LogP contribution is -2.53. The molecule has 3 atom stereocenters. The molecule has 1 aromatic carbocycles. The summed E-state index contributed by atoms with van der Waals surface area (Å²) in [6.07, 6.45) is 3.44. The highest BCUT2D eigenvalue weighted by molar-refractivity contribution is 14.1. The van der Waals surface area contributed by atoms with Crippen molar-refractivity contribution in [3.63, 3.8) is 0 Å². The number of anilines is 1. The third-order valence-corrected chi connectivity index (χ3v) is 6.80. The molecule has 0 amide bonds. The molecule has 1 spiro atoms. The van der Waals surface area contributed by atoms with Crippen LogP contribution in [-0.2, 0) is 19.7 Å². The van der Waals surface area contributed by atoms with Gasteiger partial charge in [0.15, 0.2) is 0 Å². The number of nitrogens with one attached hydrogen (secondary N) is 1. The van der Waals surface area contributed by atoms with Gasteiger partial charge >= 0.3 is 5.97 Å². The molecule has 0 radical (unpaired) electrons. The number of esters is 1. The molecule has 4 rings (SSSR count). The molecule has 27 heavy (non-hydrogen) atoms. The molecule has 6 heteroatoms. The van der Waals surface area contributed by atoms with Gasteiger partial charge in [-0.3, -0.25) is 9.69 Å². The predicted octanol–water partition coefficient (Wildman–Crippen LogP) is 3.41. The van der Waals surface area contributed by atoms with Gasteiger partial charge in [0.25, 0.3) is 0 Å². The van der Waals surface area contributed by atoms with Crippen LogP contribution in [0.2, 0.25) is 0 Å². The lowest BCUT2D eigenvalue weighted by atomic mass is 9.62. The van der Waals surface area contributed by atoms with E-state index in [0.29, 0.717) is 12.0 Å². The van der Waals surface area contributed by atoms with Gasteiger partial charge in [-0.2, -0.15) is 0 Å². The van der Waals surface area contributed by atoms with E-state index in [1.54, 1.807) is 6.92 Å². The number of methoxy groups -OCH3 is 1. The van der Waals surface area contributed by atoms with E-state index in [2.05, 4.69) is 51.0 Å². The van der Waals surface area contributed by atoms with Gasteiger partial charge in [0, 0.05) is 36.4 Å². The Balaban J connectivity index is 1.95. The fourth-order valence-electron chi connectivity index (χ4n) is 5.28. The first-order valence-corrected chi connectivity index (χ1v) is 10.5. The monoisotopic (exact) mass is 478 g/mol. The van der Waals surface area contributed by atoms with Crippen LogP contribution >= 0.6 is 22.6 Å². The van der Waals surface area contributed by atoms with E-state index in [4.69, 9.17) is 4.74 Å². The molecule has 1 aliphatic carbocycles. The number of halogens is 1. The zero-order chi connectivity index (χ0) is 19.2. The summed E-state index contributed by atoms with van der Waals surface area (Å²) in [6, 6.07) is 8.27. The van der Waals surface area contributed by atoms with E-state index >= 15 is 0 Å². The molecule has 1 saturated heterocycles. The maximum absolute atomic E-state index is 12.7. The lowest BCUT2D eigenvalue weighted by molar-refractivity contribution is -0.137. The maximum Gasteiger partial charge on any atom is 0.335 e. The number of rotatable bonds is 4. The van der Waals surface area contributed by atoms with Crippen molar-refractivity contribution in [3.05, 3.63) is 51.3 Å². The minimum atomic E-state index is -0.353. The van der Waals surface area contributed by atoms with Crippen molar-refractivity contribution in [2.75, 3.05) is 25.5 Å². The van der Waals surface area contributed by atoms with E-state index in [1.165, 1.54) is 12.7 Å². The first kappa shape index (κ1) is 18.7. The van der Waals surface area contributed by atoms with Gasteiger partial charge in [0.1, 0.15) is 5.78 Å². The third-order valence-electron chi connectivity index (χ3n) is 6.30. The van der Waals surface area contributed by atoms with Crippen LogP contribution in [0.1, 0.15) is 25.3 Å². The molecule has 5 nitrogen and oxygen atoms in total. The second kappa shape index (κ2) is 7.05.